The van der Waals surface area contributed by atoms with Crippen LogP contribution < -0.4 is 0 Å². The Morgan fingerprint density at radius 3 is 2.00 bits per heavy atom. The van der Waals surface area contributed by atoms with Gasteiger partial charge in [-0.3, -0.25) is 4.79 Å². The normalized spacial score (nSPS) is 37.3. The lowest BCUT2D eigenvalue weighted by molar-refractivity contribution is -0.286. The molecule has 0 aromatic heterocycles. The lowest BCUT2D eigenvalue weighted by atomic mass is 9.37. The second kappa shape index (κ2) is 7.33. The molecule has 0 saturated heterocycles. The van der Waals surface area contributed by atoms with Gasteiger partial charge in [0.1, 0.15) is 9.53 Å². The van der Waals surface area contributed by atoms with E-state index in [2.05, 4.69) is 0 Å². The maximum absolute atomic E-state index is 12.6. The van der Waals surface area contributed by atoms with Crippen molar-refractivity contribution in [3.8, 4) is 0 Å². The topological polar surface area (TPSA) is 93.1 Å². The first-order valence-electron chi connectivity index (χ1n) is 10.6. The van der Waals surface area contributed by atoms with Crippen LogP contribution in [0, 0.1) is 16.7 Å². The third-order valence-electron chi connectivity index (χ3n) is 7.89. The zero-order valence-corrected chi connectivity index (χ0v) is 20.4. The van der Waals surface area contributed by atoms with Gasteiger partial charge in [0.05, 0.1) is 11.2 Å². The summed E-state index contributed by atoms with van der Waals surface area (Å²) >= 11 is 2.00. The molecule has 0 aromatic rings. The molecule has 166 valence electrons. The highest BCUT2D eigenvalue weighted by molar-refractivity contribution is 14.1. The summed E-state index contributed by atoms with van der Waals surface area (Å²) in [4.78, 5) is 24.5. The number of hydrogen-bond acceptors (Lipinski definition) is 6. The van der Waals surface area contributed by atoms with Gasteiger partial charge >= 0.3 is 11.9 Å². The van der Waals surface area contributed by atoms with Crippen molar-refractivity contribution in [3.63, 3.8) is 0 Å². The van der Waals surface area contributed by atoms with Crippen molar-refractivity contribution in [1.82, 2.24) is 0 Å². The van der Waals surface area contributed by atoms with E-state index in [0.29, 0.717) is 25.2 Å². The van der Waals surface area contributed by atoms with Gasteiger partial charge in [-0.2, -0.15) is 0 Å². The largest absolute Gasteiger partial charge is 0.456 e. The highest BCUT2D eigenvalue weighted by Gasteiger charge is 2.70. The average Bonchev–Trinajstić information content (AvgIpc) is 2.55. The van der Waals surface area contributed by atoms with E-state index in [4.69, 9.17) is 9.47 Å². The van der Waals surface area contributed by atoms with Gasteiger partial charge in [-0.1, -0.05) is 29.5 Å². The quantitative estimate of drug-likeness (QED) is 0.302. The number of carbonyl (C=O) groups excluding carboxylic acids is 2. The standard InChI is InChI=1S/C22H35IO6/c1-6-15(23)17(25)28-10-16(24)29-22-9-14-7-20(12-22,18(2,3)26)11-21(8-14,13-22)19(4,5)27/h14-15,26-27H,6-13H2,1-5H3. The van der Waals surface area contributed by atoms with Crippen LogP contribution >= 0.6 is 22.6 Å². The first-order chi connectivity index (χ1) is 13.2. The molecule has 4 fully saturated rings. The van der Waals surface area contributed by atoms with Gasteiger partial charge in [0.2, 0.25) is 0 Å². The molecule has 0 spiro atoms. The third-order valence-corrected chi connectivity index (χ3v) is 9.28. The molecule has 3 atom stereocenters. The Hall–Kier alpha value is -0.410. The molecule has 0 aliphatic heterocycles. The lowest BCUT2D eigenvalue weighted by Gasteiger charge is -2.70. The molecule has 4 saturated carbocycles. The first-order valence-corrected chi connectivity index (χ1v) is 11.9. The van der Waals surface area contributed by atoms with Crippen molar-refractivity contribution < 1.29 is 29.3 Å². The summed E-state index contributed by atoms with van der Waals surface area (Å²) in [6.07, 6.45) is 5.05. The summed E-state index contributed by atoms with van der Waals surface area (Å²) in [5.74, 6) is -0.661. The van der Waals surface area contributed by atoms with Gasteiger partial charge in [-0.25, -0.2) is 4.79 Å². The van der Waals surface area contributed by atoms with Crippen LogP contribution in [0.4, 0.5) is 0 Å². The van der Waals surface area contributed by atoms with E-state index in [1.165, 1.54) is 0 Å². The number of rotatable bonds is 7. The van der Waals surface area contributed by atoms with E-state index in [0.717, 1.165) is 25.7 Å². The Bertz CT molecular complexity index is 646. The predicted molar refractivity (Wildman–Crippen MR) is 117 cm³/mol. The van der Waals surface area contributed by atoms with Gasteiger partial charge in [0.25, 0.3) is 0 Å². The Balaban J connectivity index is 1.83. The Labute approximate surface area is 187 Å². The molecule has 4 aliphatic rings. The number of halogens is 1. The molecule has 7 heteroatoms. The van der Waals surface area contributed by atoms with Crippen molar-refractivity contribution in [2.75, 3.05) is 6.61 Å². The van der Waals surface area contributed by atoms with Crippen molar-refractivity contribution >= 4 is 34.5 Å². The van der Waals surface area contributed by atoms with Crippen molar-refractivity contribution in [3.05, 3.63) is 0 Å². The SMILES string of the molecule is CCC(I)C(=O)OCC(=O)OC12CC3CC(C(C)(C)O)(C1)CC(C(C)(C)O)(C3)C2. The van der Waals surface area contributed by atoms with Gasteiger partial charge in [0, 0.05) is 10.8 Å². The lowest BCUT2D eigenvalue weighted by Crippen LogP contribution is -2.70. The second-order valence-electron chi connectivity index (χ2n) is 10.8. The van der Waals surface area contributed by atoms with Gasteiger partial charge in [-0.05, 0) is 78.6 Å². The fraction of sp³-hybridized carbons (Fsp3) is 0.909. The van der Waals surface area contributed by atoms with Crippen molar-refractivity contribution in [2.45, 2.75) is 100 Å². The fourth-order valence-corrected chi connectivity index (χ4v) is 6.67. The van der Waals surface area contributed by atoms with E-state index < -0.39 is 46.2 Å². The molecule has 4 aliphatic carbocycles. The number of alkyl halides is 1. The molecule has 2 N–H and O–H groups in total. The van der Waals surface area contributed by atoms with Crippen LogP contribution in [0.25, 0.3) is 0 Å². The molecule has 0 amide bonds. The second-order valence-corrected chi connectivity index (χ2v) is 12.3. The molecule has 0 heterocycles. The van der Waals surface area contributed by atoms with Crippen LogP contribution in [-0.2, 0) is 19.1 Å². The number of carbonyl (C=O) groups is 2. The Morgan fingerprint density at radius 1 is 1.03 bits per heavy atom. The number of aliphatic hydroxyl groups is 2. The highest BCUT2D eigenvalue weighted by atomic mass is 127. The van der Waals surface area contributed by atoms with Crippen molar-refractivity contribution in [2.24, 2.45) is 16.7 Å². The monoisotopic (exact) mass is 522 g/mol. The van der Waals surface area contributed by atoms with Gasteiger partial charge < -0.3 is 19.7 Å². The van der Waals surface area contributed by atoms with E-state index in [9.17, 15) is 19.8 Å². The van der Waals surface area contributed by atoms with E-state index in [1.54, 1.807) is 0 Å². The fourth-order valence-electron chi connectivity index (χ4n) is 6.49. The zero-order valence-electron chi connectivity index (χ0n) is 18.2. The minimum atomic E-state index is -0.942. The van der Waals surface area contributed by atoms with Crippen LogP contribution in [0.5, 0.6) is 0 Å². The summed E-state index contributed by atoms with van der Waals surface area (Å²) in [6.45, 7) is 8.83. The predicted octanol–water partition coefficient (Wildman–Crippen LogP) is 3.54. The van der Waals surface area contributed by atoms with Gasteiger partial charge in [-0.15, -0.1) is 0 Å². The Kier molecular flexibility index (Phi) is 5.88. The first kappa shape index (κ1) is 23.3. The van der Waals surface area contributed by atoms with Crippen LogP contribution in [0.1, 0.15) is 79.6 Å². The molecule has 3 unspecified atom stereocenters. The number of esters is 2. The summed E-state index contributed by atoms with van der Waals surface area (Å²) in [5, 5.41) is 22.2. The minimum Gasteiger partial charge on any atom is -0.456 e. The minimum absolute atomic E-state index is 0.281. The molecular weight excluding hydrogens is 487 g/mol. The summed E-state index contributed by atoms with van der Waals surface area (Å²) < 4.78 is 10.9. The van der Waals surface area contributed by atoms with Crippen LogP contribution in [-0.4, -0.2) is 49.5 Å². The molecule has 6 nitrogen and oxygen atoms in total. The van der Waals surface area contributed by atoms with Crippen LogP contribution in [0.3, 0.4) is 0 Å². The van der Waals surface area contributed by atoms with E-state index in [-0.39, 0.29) is 3.92 Å². The van der Waals surface area contributed by atoms with Crippen LogP contribution in [0.2, 0.25) is 0 Å². The number of ether oxygens (including phenoxy) is 2. The molecule has 4 bridgehead atoms. The third kappa shape index (κ3) is 4.07. The average molecular weight is 522 g/mol. The molecule has 4 rings (SSSR count). The Morgan fingerprint density at radius 2 is 1.55 bits per heavy atom. The summed E-state index contributed by atoms with van der Waals surface area (Å²) in [6, 6.07) is 0. The molecule has 0 aromatic carbocycles. The smallest absolute Gasteiger partial charge is 0.344 e. The summed E-state index contributed by atoms with van der Waals surface area (Å²) in [5.41, 5.74) is -3.42. The zero-order chi connectivity index (χ0) is 21.9. The maximum atomic E-state index is 12.6. The molecule has 29 heavy (non-hydrogen) atoms. The molecule has 0 radical (unpaired) electrons. The summed E-state index contributed by atoms with van der Waals surface area (Å²) in [7, 11) is 0. The highest BCUT2D eigenvalue weighted by Crippen LogP contribution is 2.72. The van der Waals surface area contributed by atoms with Crippen LogP contribution in [0.15, 0.2) is 0 Å². The number of hydrogen-bond donors (Lipinski definition) is 2. The molecular formula is C22H35IO6. The van der Waals surface area contributed by atoms with E-state index in [1.807, 2.05) is 57.2 Å². The van der Waals surface area contributed by atoms with Gasteiger partial charge in [0.15, 0.2) is 6.61 Å². The van der Waals surface area contributed by atoms with E-state index >= 15 is 0 Å². The maximum Gasteiger partial charge on any atom is 0.344 e. The van der Waals surface area contributed by atoms with Crippen molar-refractivity contribution in [1.29, 1.82) is 0 Å².